The van der Waals surface area contributed by atoms with E-state index in [0.29, 0.717) is 17.3 Å². The Bertz CT molecular complexity index is 597. The summed E-state index contributed by atoms with van der Waals surface area (Å²) in [4.78, 5) is 12.0. The Labute approximate surface area is 137 Å². The minimum Gasteiger partial charge on any atom is -1.00 e. The summed E-state index contributed by atoms with van der Waals surface area (Å²) in [6.07, 6.45) is 11.3. The van der Waals surface area contributed by atoms with Crippen molar-refractivity contribution >= 4 is 45.3 Å². The molecule has 6 heteroatoms. The van der Waals surface area contributed by atoms with Gasteiger partial charge < -0.3 is 12.4 Å². The summed E-state index contributed by atoms with van der Waals surface area (Å²) in [7, 11) is 0. The van der Waals surface area contributed by atoms with E-state index >= 15 is 0 Å². The molecule has 0 radical (unpaired) electrons. The number of nitrogen functional groups attached to an aromatic ring is 1. The van der Waals surface area contributed by atoms with Crippen LogP contribution >= 0.6 is 27.5 Å². The van der Waals surface area contributed by atoms with Gasteiger partial charge >= 0.3 is 0 Å². The molecule has 0 fully saturated rings. The van der Waals surface area contributed by atoms with Gasteiger partial charge in [-0.05, 0) is 12.5 Å². The Hall–Kier alpha value is -1.10. The Morgan fingerprint density at radius 3 is 2.90 bits per heavy atom. The van der Waals surface area contributed by atoms with Gasteiger partial charge in [-0.3, -0.25) is 10.5 Å². The van der Waals surface area contributed by atoms with Gasteiger partial charge in [0.1, 0.15) is 6.20 Å². The van der Waals surface area contributed by atoms with Crippen molar-refractivity contribution in [2.75, 3.05) is 5.73 Å². The minimum absolute atomic E-state index is 0. The topological polar surface area (TPSA) is 47.0 Å². The van der Waals surface area contributed by atoms with Crippen LogP contribution in [0.15, 0.2) is 47.1 Å². The first-order valence-corrected chi connectivity index (χ1v) is 6.95. The number of nitrogens with two attached hydrogens (primary N) is 1. The molecule has 1 aliphatic carbocycles. The first-order valence-electron chi connectivity index (χ1n) is 5.78. The lowest BCUT2D eigenvalue weighted by molar-refractivity contribution is -0.552. The van der Waals surface area contributed by atoms with E-state index in [-0.39, 0.29) is 24.1 Å². The highest BCUT2D eigenvalue weighted by Crippen LogP contribution is 2.21. The van der Waals surface area contributed by atoms with Gasteiger partial charge in [-0.2, -0.15) is 0 Å². The highest BCUT2D eigenvalue weighted by molar-refractivity contribution is 9.11. The predicted molar refractivity (Wildman–Crippen MR) is 80.7 cm³/mol. The zero-order valence-electron chi connectivity index (χ0n) is 10.5. The lowest BCUT2D eigenvalue weighted by atomic mass is 9.96. The zero-order chi connectivity index (χ0) is 13.8. The van der Waals surface area contributed by atoms with Crippen molar-refractivity contribution < 1.29 is 21.8 Å². The number of pyridine rings is 1. The fraction of sp³-hybridized carbons (Fsp3) is 0.143. The summed E-state index contributed by atoms with van der Waals surface area (Å²) in [6, 6.07) is 3.40. The van der Waals surface area contributed by atoms with E-state index in [9.17, 15) is 4.79 Å². The van der Waals surface area contributed by atoms with Crippen molar-refractivity contribution in [2.45, 2.75) is 6.42 Å². The van der Waals surface area contributed by atoms with Crippen LogP contribution in [0.4, 0.5) is 5.82 Å². The van der Waals surface area contributed by atoms with Crippen molar-refractivity contribution in [1.82, 2.24) is 0 Å². The van der Waals surface area contributed by atoms with Gasteiger partial charge in [0.15, 0.2) is 5.78 Å². The molecule has 1 atom stereocenters. The molecule has 0 saturated heterocycles. The van der Waals surface area contributed by atoms with Crippen LogP contribution in [-0.4, -0.2) is 5.78 Å². The third kappa shape index (κ3) is 4.47. The molecule has 106 valence electrons. The van der Waals surface area contributed by atoms with Gasteiger partial charge in [-0.25, -0.2) is 4.57 Å². The van der Waals surface area contributed by atoms with E-state index in [1.165, 1.54) is 6.08 Å². The number of ketones is 1. The molecule has 1 heterocycles. The van der Waals surface area contributed by atoms with Crippen molar-refractivity contribution in [2.24, 2.45) is 5.92 Å². The lowest BCUT2D eigenvalue weighted by Crippen LogP contribution is -3.00. The van der Waals surface area contributed by atoms with E-state index in [0.717, 1.165) is 4.48 Å². The predicted octanol–water partition coefficient (Wildman–Crippen LogP) is 0.108. The number of rotatable bonds is 3. The number of carbonyl (C=O) groups is 1. The fourth-order valence-electron chi connectivity index (χ4n) is 1.71. The number of anilines is 1. The normalized spacial score (nSPS) is 17.7. The molecule has 1 aromatic heterocycles. The highest BCUT2D eigenvalue weighted by atomic mass is 79.9. The fourth-order valence-corrected chi connectivity index (χ4v) is 2.22. The van der Waals surface area contributed by atoms with Crippen molar-refractivity contribution in [1.29, 1.82) is 0 Å². The first kappa shape index (κ1) is 17.0. The van der Waals surface area contributed by atoms with Crippen LogP contribution in [-0.2, 0) is 4.79 Å². The number of nitrogens with zero attached hydrogens (tertiary/aromatic N) is 1. The molecular formula is C14H13BrCl2N2O. The second-order valence-electron chi connectivity index (χ2n) is 4.19. The van der Waals surface area contributed by atoms with Gasteiger partial charge in [0.05, 0.1) is 11.2 Å². The molecule has 3 nitrogen and oxygen atoms in total. The van der Waals surface area contributed by atoms with E-state index in [4.69, 9.17) is 17.3 Å². The minimum atomic E-state index is -0.112. The van der Waals surface area contributed by atoms with Crippen LogP contribution in [0.1, 0.15) is 6.42 Å². The molecule has 0 aromatic carbocycles. The summed E-state index contributed by atoms with van der Waals surface area (Å²) >= 11 is 9.25. The van der Waals surface area contributed by atoms with E-state index in [2.05, 4.69) is 15.9 Å². The van der Waals surface area contributed by atoms with E-state index < -0.39 is 0 Å². The van der Waals surface area contributed by atoms with Gasteiger partial charge in [-0.1, -0.05) is 45.8 Å². The number of hydrogen-bond donors (Lipinski definition) is 1. The molecule has 0 aliphatic heterocycles. The van der Waals surface area contributed by atoms with Crippen molar-refractivity contribution in [3.63, 3.8) is 0 Å². The van der Waals surface area contributed by atoms with Crippen LogP contribution in [0, 0.1) is 5.92 Å². The molecule has 1 aromatic rings. The zero-order valence-corrected chi connectivity index (χ0v) is 13.6. The third-order valence-corrected chi connectivity index (χ3v) is 3.60. The van der Waals surface area contributed by atoms with Crippen LogP contribution in [0.25, 0.3) is 6.20 Å². The standard InChI is InChI=1S/C14H12BrClN2O.ClH/c15-11-3-1-10(2-4-11)13(19)7-8-18-9-12(16)5-6-14(18)17;/h1,3-10,17H,2H2;1H/b8-7+;. The summed E-state index contributed by atoms with van der Waals surface area (Å²) < 4.78 is 2.63. The van der Waals surface area contributed by atoms with E-state index in [1.807, 2.05) is 18.2 Å². The lowest BCUT2D eigenvalue weighted by Gasteiger charge is -2.10. The van der Waals surface area contributed by atoms with Crippen LogP contribution in [0.2, 0.25) is 5.02 Å². The smallest absolute Gasteiger partial charge is 0.277 e. The number of hydrogen-bond acceptors (Lipinski definition) is 2. The van der Waals surface area contributed by atoms with E-state index in [1.54, 1.807) is 29.1 Å². The van der Waals surface area contributed by atoms with Crippen LogP contribution in [0.3, 0.4) is 0 Å². The van der Waals surface area contributed by atoms with Gasteiger partial charge in [0.25, 0.3) is 5.82 Å². The van der Waals surface area contributed by atoms with Gasteiger partial charge in [0, 0.05) is 22.5 Å². The molecule has 0 amide bonds. The van der Waals surface area contributed by atoms with Crippen LogP contribution < -0.4 is 22.7 Å². The molecule has 0 spiro atoms. The Balaban J connectivity index is 0.00000200. The number of carbonyl (C=O) groups excluding carboxylic acids is 1. The van der Waals surface area contributed by atoms with Crippen LogP contribution in [0.5, 0.6) is 0 Å². The summed E-state index contributed by atoms with van der Waals surface area (Å²) in [5, 5.41) is 0.565. The summed E-state index contributed by atoms with van der Waals surface area (Å²) in [5.41, 5.74) is 5.78. The average molecular weight is 376 g/mol. The Morgan fingerprint density at radius 2 is 2.25 bits per heavy atom. The molecule has 0 bridgehead atoms. The summed E-state index contributed by atoms with van der Waals surface area (Å²) in [5.74, 6) is 0.452. The highest BCUT2D eigenvalue weighted by Gasteiger charge is 2.14. The van der Waals surface area contributed by atoms with Gasteiger partial charge in [0.2, 0.25) is 0 Å². The largest absolute Gasteiger partial charge is 1.00 e. The van der Waals surface area contributed by atoms with Gasteiger partial charge in [-0.15, -0.1) is 0 Å². The quantitative estimate of drug-likeness (QED) is 0.602. The molecule has 2 rings (SSSR count). The molecule has 20 heavy (non-hydrogen) atoms. The number of aromatic nitrogens is 1. The maximum atomic E-state index is 12.0. The Kier molecular flexibility index (Phi) is 6.46. The molecule has 1 unspecified atom stereocenters. The maximum absolute atomic E-state index is 12.0. The first-order chi connectivity index (χ1) is 9.06. The van der Waals surface area contributed by atoms with Crippen molar-refractivity contribution in [3.05, 3.63) is 52.1 Å². The maximum Gasteiger partial charge on any atom is 0.277 e. The van der Waals surface area contributed by atoms with Crippen molar-refractivity contribution in [3.8, 4) is 0 Å². The molecule has 0 saturated carbocycles. The third-order valence-electron chi connectivity index (χ3n) is 2.79. The number of halogens is 3. The second kappa shape index (κ2) is 7.62. The summed E-state index contributed by atoms with van der Waals surface area (Å²) in [6.45, 7) is 0. The molecule has 2 N–H and O–H groups in total. The molecule has 1 aliphatic rings. The molecular weight excluding hydrogens is 363 g/mol. The monoisotopic (exact) mass is 374 g/mol. The average Bonchev–Trinajstić information content (AvgIpc) is 2.40. The Morgan fingerprint density at radius 1 is 1.50 bits per heavy atom. The number of allylic oxidation sites excluding steroid dienone is 5. The second-order valence-corrected chi connectivity index (χ2v) is 5.54. The SMILES string of the molecule is Nc1ccc(Cl)c[n+]1/C=C/C(=O)C1C=CC(Br)=CC1.[Cl-].